The molecular formula is C16H20N4O3. The molecule has 7 nitrogen and oxygen atoms in total. The molecule has 23 heavy (non-hydrogen) atoms. The van der Waals surface area contributed by atoms with Crippen LogP contribution in [0.15, 0.2) is 42.6 Å². The first-order chi connectivity index (χ1) is 11.3. The molecule has 1 unspecified atom stereocenters. The predicted octanol–water partition coefficient (Wildman–Crippen LogP) is 1.47. The van der Waals surface area contributed by atoms with E-state index in [1.54, 1.807) is 16.9 Å². The highest BCUT2D eigenvalue weighted by molar-refractivity contribution is 5.88. The van der Waals surface area contributed by atoms with Crippen molar-refractivity contribution in [2.45, 2.75) is 12.6 Å². The number of nitrogens with one attached hydrogen (secondary N) is 2. The second-order valence-corrected chi connectivity index (χ2v) is 5.26. The lowest BCUT2D eigenvalue weighted by molar-refractivity contribution is -0.0852. The van der Waals surface area contributed by atoms with E-state index in [1.165, 1.54) is 0 Å². The minimum atomic E-state index is -0.283. The van der Waals surface area contributed by atoms with Crippen molar-refractivity contribution in [1.82, 2.24) is 15.1 Å². The zero-order chi connectivity index (χ0) is 15.9. The van der Waals surface area contributed by atoms with Gasteiger partial charge in [0.1, 0.15) is 5.82 Å². The number of urea groups is 1. The van der Waals surface area contributed by atoms with Crippen molar-refractivity contribution in [3.63, 3.8) is 0 Å². The molecule has 2 heterocycles. The number of rotatable bonds is 5. The summed E-state index contributed by atoms with van der Waals surface area (Å²) >= 11 is 0. The van der Waals surface area contributed by atoms with Crippen molar-refractivity contribution in [1.29, 1.82) is 0 Å². The highest BCUT2D eigenvalue weighted by Gasteiger charge is 2.15. The molecule has 3 rings (SSSR count). The van der Waals surface area contributed by atoms with Gasteiger partial charge in [-0.1, -0.05) is 30.3 Å². The van der Waals surface area contributed by atoms with Gasteiger partial charge in [-0.2, -0.15) is 5.10 Å². The molecule has 1 aliphatic heterocycles. The third-order valence-corrected chi connectivity index (χ3v) is 3.51. The molecule has 1 fully saturated rings. The zero-order valence-corrected chi connectivity index (χ0v) is 12.8. The summed E-state index contributed by atoms with van der Waals surface area (Å²) in [6.07, 6.45) is 1.57. The molecule has 2 amide bonds. The van der Waals surface area contributed by atoms with E-state index in [9.17, 15) is 4.79 Å². The normalized spacial score (nSPS) is 17.7. The standard InChI is InChI=1S/C16H20N4O3/c21-16(17-10-14-12-22-8-9-23-14)19-15-6-7-18-20(15)11-13-4-2-1-3-5-13/h1-7,14H,8-12H2,(H2,17,19,21). The van der Waals surface area contributed by atoms with Crippen LogP contribution in [0, 0.1) is 0 Å². The zero-order valence-electron chi connectivity index (χ0n) is 12.8. The molecule has 1 aromatic carbocycles. The number of carbonyl (C=O) groups is 1. The van der Waals surface area contributed by atoms with Gasteiger partial charge in [-0.15, -0.1) is 0 Å². The fourth-order valence-electron chi connectivity index (χ4n) is 2.34. The molecule has 0 aliphatic carbocycles. The number of hydrogen-bond acceptors (Lipinski definition) is 4. The second-order valence-electron chi connectivity index (χ2n) is 5.26. The van der Waals surface area contributed by atoms with Crippen molar-refractivity contribution in [2.75, 3.05) is 31.7 Å². The average molecular weight is 316 g/mol. The van der Waals surface area contributed by atoms with Crippen LogP contribution in [0.2, 0.25) is 0 Å². The Morgan fingerprint density at radius 3 is 2.91 bits per heavy atom. The molecule has 0 radical (unpaired) electrons. The van der Waals surface area contributed by atoms with E-state index >= 15 is 0 Å². The van der Waals surface area contributed by atoms with E-state index in [0.717, 1.165) is 5.56 Å². The molecule has 1 saturated heterocycles. The van der Waals surface area contributed by atoms with Crippen molar-refractivity contribution >= 4 is 11.8 Å². The van der Waals surface area contributed by atoms with Crippen LogP contribution in [0.25, 0.3) is 0 Å². The monoisotopic (exact) mass is 316 g/mol. The maximum Gasteiger partial charge on any atom is 0.320 e. The van der Waals surface area contributed by atoms with Crippen LogP contribution in [0.5, 0.6) is 0 Å². The van der Waals surface area contributed by atoms with Crippen LogP contribution in [0.4, 0.5) is 10.6 Å². The van der Waals surface area contributed by atoms with Crippen molar-refractivity contribution < 1.29 is 14.3 Å². The molecule has 0 bridgehead atoms. The molecule has 1 aromatic heterocycles. The summed E-state index contributed by atoms with van der Waals surface area (Å²) in [4.78, 5) is 12.0. The third-order valence-electron chi connectivity index (χ3n) is 3.51. The molecule has 1 atom stereocenters. The van der Waals surface area contributed by atoms with Crippen LogP contribution < -0.4 is 10.6 Å². The molecule has 122 valence electrons. The van der Waals surface area contributed by atoms with Crippen LogP contribution in [-0.2, 0) is 16.0 Å². The number of benzene rings is 1. The summed E-state index contributed by atoms with van der Waals surface area (Å²) < 4.78 is 12.5. The van der Waals surface area contributed by atoms with Gasteiger partial charge in [0.05, 0.1) is 38.7 Å². The third kappa shape index (κ3) is 4.54. The number of ether oxygens (including phenoxy) is 2. The summed E-state index contributed by atoms with van der Waals surface area (Å²) in [7, 11) is 0. The fraction of sp³-hybridized carbons (Fsp3) is 0.375. The van der Waals surface area contributed by atoms with Crippen molar-refractivity contribution in [2.24, 2.45) is 0 Å². The number of carbonyl (C=O) groups excluding carboxylic acids is 1. The van der Waals surface area contributed by atoms with Gasteiger partial charge in [0.25, 0.3) is 0 Å². The van der Waals surface area contributed by atoms with E-state index in [-0.39, 0.29) is 12.1 Å². The number of anilines is 1. The van der Waals surface area contributed by atoms with Crippen molar-refractivity contribution in [3.05, 3.63) is 48.2 Å². The lowest BCUT2D eigenvalue weighted by Crippen LogP contribution is -2.41. The first-order valence-electron chi connectivity index (χ1n) is 7.61. The largest absolute Gasteiger partial charge is 0.376 e. The second kappa shape index (κ2) is 7.75. The highest BCUT2D eigenvalue weighted by atomic mass is 16.6. The summed E-state index contributed by atoms with van der Waals surface area (Å²) in [6.45, 7) is 2.70. The maximum atomic E-state index is 12.0. The maximum absolute atomic E-state index is 12.0. The Labute approximate surface area is 134 Å². The Bertz CT molecular complexity index is 623. The summed E-state index contributed by atoms with van der Waals surface area (Å²) in [6, 6.07) is 11.4. The Morgan fingerprint density at radius 2 is 2.13 bits per heavy atom. The minimum absolute atomic E-state index is 0.0938. The van der Waals surface area contributed by atoms with Gasteiger partial charge < -0.3 is 14.8 Å². The lowest BCUT2D eigenvalue weighted by Gasteiger charge is -2.23. The fourth-order valence-corrected chi connectivity index (χ4v) is 2.34. The topological polar surface area (TPSA) is 77.4 Å². The van der Waals surface area contributed by atoms with Gasteiger partial charge >= 0.3 is 6.03 Å². The van der Waals surface area contributed by atoms with Gasteiger partial charge in [-0.05, 0) is 5.56 Å². The molecule has 0 saturated carbocycles. The number of hydrogen-bond donors (Lipinski definition) is 2. The van der Waals surface area contributed by atoms with Crippen LogP contribution in [0.1, 0.15) is 5.56 Å². The Morgan fingerprint density at radius 1 is 1.26 bits per heavy atom. The highest BCUT2D eigenvalue weighted by Crippen LogP contribution is 2.10. The van der Waals surface area contributed by atoms with Gasteiger partial charge in [0.2, 0.25) is 0 Å². The first-order valence-corrected chi connectivity index (χ1v) is 7.61. The Hall–Kier alpha value is -2.38. The molecule has 0 spiro atoms. The summed E-state index contributed by atoms with van der Waals surface area (Å²) in [5.74, 6) is 0.646. The predicted molar refractivity (Wildman–Crippen MR) is 85.4 cm³/mol. The number of amides is 2. The van der Waals surface area contributed by atoms with Crippen LogP contribution >= 0.6 is 0 Å². The minimum Gasteiger partial charge on any atom is -0.376 e. The summed E-state index contributed by atoms with van der Waals surface area (Å²) in [5.41, 5.74) is 1.12. The number of nitrogens with zero attached hydrogens (tertiary/aromatic N) is 2. The molecule has 2 N–H and O–H groups in total. The SMILES string of the molecule is O=C(NCC1COCCO1)Nc1ccnn1Cc1ccccc1. The van der Waals surface area contributed by atoms with E-state index in [2.05, 4.69) is 15.7 Å². The van der Waals surface area contributed by atoms with Crippen LogP contribution in [0.3, 0.4) is 0 Å². The van der Waals surface area contributed by atoms with Gasteiger partial charge in [0, 0.05) is 12.6 Å². The first kappa shape index (κ1) is 15.5. The molecule has 1 aliphatic rings. The van der Waals surface area contributed by atoms with Gasteiger partial charge in [0.15, 0.2) is 0 Å². The smallest absolute Gasteiger partial charge is 0.320 e. The van der Waals surface area contributed by atoms with Crippen molar-refractivity contribution in [3.8, 4) is 0 Å². The Kier molecular flexibility index (Phi) is 5.23. The van der Waals surface area contributed by atoms with E-state index < -0.39 is 0 Å². The summed E-state index contributed by atoms with van der Waals surface area (Å²) in [5, 5.41) is 9.83. The molecule has 2 aromatic rings. The van der Waals surface area contributed by atoms with E-state index in [1.807, 2.05) is 30.3 Å². The Balaban J connectivity index is 1.51. The van der Waals surface area contributed by atoms with Gasteiger partial charge in [-0.3, -0.25) is 5.32 Å². The van der Waals surface area contributed by atoms with Crippen LogP contribution in [-0.4, -0.2) is 48.3 Å². The van der Waals surface area contributed by atoms with E-state index in [4.69, 9.17) is 9.47 Å². The van der Waals surface area contributed by atoms with E-state index in [0.29, 0.717) is 38.7 Å². The van der Waals surface area contributed by atoms with Gasteiger partial charge in [-0.25, -0.2) is 9.48 Å². The molecular weight excluding hydrogens is 296 g/mol. The average Bonchev–Trinajstić information content (AvgIpc) is 3.02. The quantitative estimate of drug-likeness (QED) is 0.876. The lowest BCUT2D eigenvalue weighted by atomic mass is 10.2. The number of aromatic nitrogens is 2. The molecule has 7 heteroatoms.